The molecule has 0 fully saturated rings. The zero-order valence-corrected chi connectivity index (χ0v) is 36.9. The Morgan fingerprint density at radius 3 is 1.35 bits per heavy atom. The molecule has 0 aliphatic heterocycles. The van der Waals surface area contributed by atoms with E-state index in [4.69, 9.17) is 9.97 Å². The molecule has 0 radical (unpaired) electrons. The smallest absolute Gasteiger partial charge is 0.0973 e. The Balaban J connectivity index is 1.01. The van der Waals surface area contributed by atoms with Gasteiger partial charge in [0.25, 0.3) is 0 Å². The van der Waals surface area contributed by atoms with Crippen molar-refractivity contribution in [3.05, 3.63) is 243 Å². The van der Waals surface area contributed by atoms with E-state index in [0.29, 0.717) is 0 Å². The molecule has 4 nitrogen and oxygen atoms in total. The largest absolute Gasteiger partial charge is 0.309 e. The van der Waals surface area contributed by atoms with Crippen LogP contribution in [0.3, 0.4) is 0 Å². The van der Waals surface area contributed by atoms with Crippen LogP contribution in [-0.4, -0.2) is 19.1 Å². The van der Waals surface area contributed by atoms with E-state index < -0.39 is 0 Å². The van der Waals surface area contributed by atoms with Crippen molar-refractivity contribution >= 4 is 76.2 Å². The molecule has 0 amide bonds. The Morgan fingerprint density at radius 2 is 0.721 bits per heavy atom. The van der Waals surface area contributed by atoms with Gasteiger partial charge in [-0.1, -0.05) is 194 Å². The van der Waals surface area contributed by atoms with Gasteiger partial charge in [0, 0.05) is 49.4 Å². The van der Waals surface area contributed by atoms with Crippen LogP contribution in [-0.2, 0) is 0 Å². The lowest BCUT2D eigenvalue weighted by Gasteiger charge is -2.14. The highest BCUT2D eigenvalue weighted by atomic mass is 15.0. The maximum Gasteiger partial charge on any atom is 0.0973 e. The molecule has 14 aromatic rings. The van der Waals surface area contributed by atoms with Crippen molar-refractivity contribution in [1.82, 2.24) is 19.1 Å². The molecule has 3 aromatic heterocycles. The molecule has 4 heteroatoms. The second-order valence-corrected chi connectivity index (χ2v) is 17.7. The molecule has 0 atom stereocenters. The molecule has 0 N–H and O–H groups in total. The molecule has 0 bridgehead atoms. The summed E-state index contributed by atoms with van der Waals surface area (Å²) in [5.41, 5.74) is 16.9. The van der Waals surface area contributed by atoms with Crippen LogP contribution < -0.4 is 0 Å². The molecule has 0 saturated heterocycles. The summed E-state index contributed by atoms with van der Waals surface area (Å²) < 4.78 is 4.90. The summed E-state index contributed by atoms with van der Waals surface area (Å²) in [4.78, 5) is 11.0. The summed E-state index contributed by atoms with van der Waals surface area (Å²) in [7, 11) is 0. The molecule has 316 valence electrons. The summed E-state index contributed by atoms with van der Waals surface area (Å²) in [6.45, 7) is 0. The maximum atomic E-state index is 5.55. The third-order valence-corrected chi connectivity index (χ3v) is 13.9. The van der Waals surface area contributed by atoms with Gasteiger partial charge < -0.3 is 9.13 Å². The van der Waals surface area contributed by atoms with E-state index in [1.165, 1.54) is 59.7 Å². The average molecular weight is 865 g/mol. The van der Waals surface area contributed by atoms with Crippen molar-refractivity contribution in [2.24, 2.45) is 0 Å². The van der Waals surface area contributed by atoms with Crippen molar-refractivity contribution in [2.75, 3.05) is 0 Å². The first-order chi connectivity index (χ1) is 33.7. The van der Waals surface area contributed by atoms with E-state index >= 15 is 0 Å². The summed E-state index contributed by atoms with van der Waals surface area (Å²) in [6, 6.07) is 87.3. The third-order valence-electron chi connectivity index (χ3n) is 13.9. The highest BCUT2D eigenvalue weighted by Crippen LogP contribution is 2.45. The first-order valence-corrected chi connectivity index (χ1v) is 23.2. The minimum absolute atomic E-state index is 0.831. The minimum Gasteiger partial charge on any atom is -0.309 e. The second kappa shape index (κ2) is 15.2. The Morgan fingerprint density at radius 1 is 0.250 bits per heavy atom. The molecule has 0 saturated carbocycles. The van der Waals surface area contributed by atoms with Gasteiger partial charge in [0.05, 0.1) is 44.5 Å². The molecule has 11 aromatic carbocycles. The number of para-hydroxylation sites is 2. The Labute approximate surface area is 392 Å². The van der Waals surface area contributed by atoms with Crippen LogP contribution in [0.1, 0.15) is 0 Å². The fraction of sp³-hybridized carbons (Fsp3) is 0. The molecular weight excluding hydrogens is 825 g/mol. The van der Waals surface area contributed by atoms with Crippen molar-refractivity contribution in [3.63, 3.8) is 0 Å². The third kappa shape index (κ3) is 5.94. The van der Waals surface area contributed by atoms with Gasteiger partial charge in [-0.25, -0.2) is 9.97 Å². The Hall–Kier alpha value is -9.12. The molecule has 3 heterocycles. The van der Waals surface area contributed by atoms with Gasteiger partial charge in [-0.3, -0.25) is 0 Å². The first kappa shape index (κ1) is 38.2. The number of fused-ring (bicyclic) bond motifs is 12. The fourth-order valence-corrected chi connectivity index (χ4v) is 10.7. The number of hydrogen-bond donors (Lipinski definition) is 0. The minimum atomic E-state index is 0.831. The van der Waals surface area contributed by atoms with Crippen LogP contribution in [0.4, 0.5) is 0 Å². The van der Waals surface area contributed by atoms with Crippen molar-refractivity contribution in [3.8, 4) is 56.1 Å². The predicted molar refractivity (Wildman–Crippen MR) is 285 cm³/mol. The van der Waals surface area contributed by atoms with Crippen LogP contribution in [0.25, 0.3) is 132 Å². The van der Waals surface area contributed by atoms with Gasteiger partial charge in [-0.2, -0.15) is 0 Å². The van der Waals surface area contributed by atoms with Crippen LogP contribution in [0.2, 0.25) is 0 Å². The Bertz CT molecular complexity index is 4270. The van der Waals surface area contributed by atoms with Crippen LogP contribution in [0.15, 0.2) is 243 Å². The number of aromatic nitrogens is 4. The molecule has 68 heavy (non-hydrogen) atoms. The van der Waals surface area contributed by atoms with E-state index in [2.05, 4.69) is 252 Å². The molecule has 0 unspecified atom stereocenters. The van der Waals surface area contributed by atoms with Crippen molar-refractivity contribution in [1.29, 1.82) is 0 Å². The zero-order chi connectivity index (χ0) is 44.7. The van der Waals surface area contributed by atoms with E-state index in [9.17, 15) is 0 Å². The topological polar surface area (TPSA) is 35.6 Å². The van der Waals surface area contributed by atoms with Gasteiger partial charge in [0.15, 0.2) is 0 Å². The highest BCUT2D eigenvalue weighted by Gasteiger charge is 2.23. The zero-order valence-electron chi connectivity index (χ0n) is 36.9. The van der Waals surface area contributed by atoms with E-state index in [1.807, 2.05) is 0 Å². The molecule has 0 aliphatic carbocycles. The van der Waals surface area contributed by atoms with Gasteiger partial charge in [0.1, 0.15) is 0 Å². The summed E-state index contributed by atoms with van der Waals surface area (Å²) in [5.74, 6) is 0. The second-order valence-electron chi connectivity index (χ2n) is 17.7. The van der Waals surface area contributed by atoms with Gasteiger partial charge in [0.2, 0.25) is 0 Å². The van der Waals surface area contributed by atoms with Gasteiger partial charge >= 0.3 is 0 Å². The quantitative estimate of drug-likeness (QED) is 0.156. The monoisotopic (exact) mass is 864 g/mol. The first-order valence-electron chi connectivity index (χ1n) is 23.2. The van der Waals surface area contributed by atoms with Crippen LogP contribution in [0, 0.1) is 0 Å². The van der Waals surface area contributed by atoms with E-state index in [1.54, 1.807) is 0 Å². The van der Waals surface area contributed by atoms with Crippen LogP contribution in [0.5, 0.6) is 0 Å². The van der Waals surface area contributed by atoms with Gasteiger partial charge in [-0.15, -0.1) is 0 Å². The molecular formula is C64H40N4. The number of hydrogen-bond acceptors (Lipinski definition) is 2. The van der Waals surface area contributed by atoms with Crippen molar-refractivity contribution < 1.29 is 0 Å². The van der Waals surface area contributed by atoms with E-state index in [-0.39, 0.29) is 0 Å². The normalized spacial score (nSPS) is 11.8. The molecule has 0 spiro atoms. The number of nitrogens with zero attached hydrogens (tertiary/aromatic N) is 4. The predicted octanol–water partition coefficient (Wildman–Crippen LogP) is 16.8. The lowest BCUT2D eigenvalue weighted by molar-refractivity contribution is 1.17. The number of rotatable bonds is 6. The van der Waals surface area contributed by atoms with E-state index in [0.717, 1.165) is 72.6 Å². The lowest BCUT2D eigenvalue weighted by atomic mass is 9.96. The summed E-state index contributed by atoms with van der Waals surface area (Å²) in [5, 5.41) is 9.93. The highest BCUT2D eigenvalue weighted by molar-refractivity contribution is 6.33. The Kier molecular flexibility index (Phi) is 8.55. The summed E-state index contributed by atoms with van der Waals surface area (Å²) >= 11 is 0. The van der Waals surface area contributed by atoms with Crippen molar-refractivity contribution in [2.45, 2.75) is 0 Å². The average Bonchev–Trinajstić information content (AvgIpc) is 3.93. The number of benzene rings is 11. The lowest BCUT2D eigenvalue weighted by Crippen LogP contribution is -1.99. The standard InChI is InChI=1S/C64H40N4/c1-4-16-41(17-5-1)43-28-32-45(33-29-43)62-63(46-34-30-44(31-35-46)42-18-6-2-7-19-42)66-57-38-48(36-37-56(57)65-62)67-58-27-15-14-24-51(58)54-39-55-60(40-59(54)67)68(47-20-8-3-9-21-47)64-53-26-13-11-23-50(53)49-22-10-12-25-52(49)61(55)64/h1-40H. The molecule has 14 rings (SSSR count). The SMILES string of the molecule is c1ccc(-c2ccc(-c3nc4ccc(-n5c6ccccc6c6cc7c8c9ccccc9c9ccccc9c8n(-c8ccccc8)c7cc65)cc4nc3-c3ccc(-c4ccccc4)cc3)cc2)cc1. The van der Waals surface area contributed by atoms with Gasteiger partial charge in [-0.05, 0) is 86.9 Å². The summed E-state index contributed by atoms with van der Waals surface area (Å²) in [6.07, 6.45) is 0. The maximum absolute atomic E-state index is 5.55. The fourth-order valence-electron chi connectivity index (χ4n) is 10.7. The van der Waals surface area contributed by atoms with Crippen LogP contribution >= 0.6 is 0 Å². The molecule has 0 aliphatic rings.